The molecule has 5 nitrogen and oxygen atoms in total. The molecule has 2 atom stereocenters. The molecule has 3 rings (SSSR count). The number of hydrogen-bond acceptors (Lipinski definition) is 5. The van der Waals surface area contributed by atoms with Crippen molar-refractivity contribution in [1.82, 2.24) is 9.97 Å². The number of aromatic nitrogens is 2. The molecule has 2 heterocycles. The van der Waals surface area contributed by atoms with Crippen molar-refractivity contribution in [2.24, 2.45) is 5.41 Å². The van der Waals surface area contributed by atoms with E-state index < -0.39 is 11.5 Å². The lowest BCUT2D eigenvalue weighted by atomic mass is 9.74. The van der Waals surface area contributed by atoms with E-state index in [-0.39, 0.29) is 6.61 Å². The smallest absolute Gasteiger partial charge is 0.139 e. The van der Waals surface area contributed by atoms with Crippen LogP contribution in [0.3, 0.4) is 0 Å². The number of hydrogen-bond donors (Lipinski definition) is 2. The topological polar surface area (TPSA) is 69.5 Å². The van der Waals surface area contributed by atoms with Gasteiger partial charge in [0.2, 0.25) is 0 Å². The first kappa shape index (κ1) is 15.2. The molecule has 0 unspecified atom stereocenters. The highest BCUT2D eigenvalue weighted by molar-refractivity contribution is 5.89. The molecule has 1 saturated heterocycles. The standard InChI is InChI=1S/C17H23N3O2/c1-2-8-17(11-21)10-20(9-7-15(17)22)16-13-5-3-4-6-14(13)18-12-19-16/h3-6,12,15,21-22H,2,7-11H2,1H3/t15-,17+/m0/s1. The van der Waals surface area contributed by atoms with Gasteiger partial charge in [-0.2, -0.15) is 0 Å². The number of para-hydroxylation sites is 1. The number of anilines is 1. The molecule has 1 aromatic carbocycles. The van der Waals surface area contributed by atoms with Crippen LogP contribution < -0.4 is 4.90 Å². The normalized spacial score (nSPS) is 25.6. The SMILES string of the molecule is CCC[C@]1(CO)CN(c2ncnc3ccccc23)CC[C@@H]1O. The molecule has 0 aliphatic carbocycles. The largest absolute Gasteiger partial charge is 0.396 e. The Morgan fingerprint density at radius 3 is 2.91 bits per heavy atom. The molecule has 5 heteroatoms. The van der Waals surface area contributed by atoms with Crippen LogP contribution >= 0.6 is 0 Å². The molecule has 1 fully saturated rings. The molecular formula is C17H23N3O2. The summed E-state index contributed by atoms with van der Waals surface area (Å²) in [6, 6.07) is 7.95. The Balaban J connectivity index is 1.97. The summed E-state index contributed by atoms with van der Waals surface area (Å²) in [5, 5.41) is 21.3. The fourth-order valence-electron chi connectivity index (χ4n) is 3.55. The predicted octanol–water partition coefficient (Wildman–Crippen LogP) is 1.98. The molecule has 0 radical (unpaired) electrons. The van der Waals surface area contributed by atoms with Crippen molar-refractivity contribution in [3.63, 3.8) is 0 Å². The van der Waals surface area contributed by atoms with Crippen LogP contribution in [0, 0.1) is 5.41 Å². The van der Waals surface area contributed by atoms with Gasteiger partial charge in [-0.1, -0.05) is 25.5 Å². The highest BCUT2D eigenvalue weighted by Gasteiger charge is 2.42. The van der Waals surface area contributed by atoms with Crippen LogP contribution in [-0.4, -0.2) is 46.0 Å². The minimum Gasteiger partial charge on any atom is -0.396 e. The quantitative estimate of drug-likeness (QED) is 0.903. The van der Waals surface area contributed by atoms with Crippen molar-refractivity contribution in [2.75, 3.05) is 24.6 Å². The Morgan fingerprint density at radius 1 is 1.32 bits per heavy atom. The zero-order chi connectivity index (χ0) is 15.6. The Labute approximate surface area is 130 Å². The van der Waals surface area contributed by atoms with Gasteiger partial charge in [-0.25, -0.2) is 9.97 Å². The first-order valence-corrected chi connectivity index (χ1v) is 7.94. The Bertz CT molecular complexity index is 643. The second kappa shape index (κ2) is 6.18. The van der Waals surface area contributed by atoms with E-state index in [1.54, 1.807) is 6.33 Å². The van der Waals surface area contributed by atoms with Gasteiger partial charge in [-0.05, 0) is 25.0 Å². The summed E-state index contributed by atoms with van der Waals surface area (Å²) in [4.78, 5) is 11.0. The number of nitrogens with zero attached hydrogens (tertiary/aromatic N) is 3. The van der Waals surface area contributed by atoms with Gasteiger partial charge in [-0.3, -0.25) is 0 Å². The summed E-state index contributed by atoms with van der Waals surface area (Å²) < 4.78 is 0. The van der Waals surface area contributed by atoms with E-state index in [2.05, 4.69) is 21.8 Å². The van der Waals surface area contributed by atoms with Crippen LogP contribution in [0.1, 0.15) is 26.2 Å². The lowest BCUT2D eigenvalue weighted by Gasteiger charge is -2.46. The van der Waals surface area contributed by atoms with Crippen molar-refractivity contribution in [3.8, 4) is 0 Å². The van der Waals surface area contributed by atoms with Gasteiger partial charge in [0.15, 0.2) is 0 Å². The van der Waals surface area contributed by atoms with Crippen LogP contribution in [0.5, 0.6) is 0 Å². The maximum absolute atomic E-state index is 10.4. The van der Waals surface area contributed by atoms with Gasteiger partial charge in [0.25, 0.3) is 0 Å². The minimum atomic E-state index is -0.459. The zero-order valence-corrected chi connectivity index (χ0v) is 12.9. The predicted molar refractivity (Wildman–Crippen MR) is 86.8 cm³/mol. The van der Waals surface area contributed by atoms with E-state index in [4.69, 9.17) is 0 Å². The van der Waals surface area contributed by atoms with Crippen molar-refractivity contribution in [2.45, 2.75) is 32.3 Å². The number of rotatable bonds is 4. The third kappa shape index (κ3) is 2.55. The van der Waals surface area contributed by atoms with E-state index in [0.717, 1.165) is 36.1 Å². The molecule has 118 valence electrons. The fourth-order valence-corrected chi connectivity index (χ4v) is 3.55. The Hall–Kier alpha value is -1.72. The van der Waals surface area contributed by atoms with E-state index in [1.165, 1.54) is 0 Å². The molecule has 1 aliphatic heterocycles. The number of fused-ring (bicyclic) bond motifs is 1. The van der Waals surface area contributed by atoms with Crippen LogP contribution in [0.15, 0.2) is 30.6 Å². The average Bonchev–Trinajstić information content (AvgIpc) is 2.56. The summed E-state index contributed by atoms with van der Waals surface area (Å²) in [6.45, 7) is 3.46. The third-order valence-electron chi connectivity index (χ3n) is 4.77. The van der Waals surface area contributed by atoms with Crippen molar-refractivity contribution < 1.29 is 10.2 Å². The molecule has 22 heavy (non-hydrogen) atoms. The first-order valence-electron chi connectivity index (χ1n) is 7.94. The Kier molecular flexibility index (Phi) is 4.27. The van der Waals surface area contributed by atoms with Gasteiger partial charge < -0.3 is 15.1 Å². The molecule has 2 aromatic rings. The number of aliphatic hydroxyl groups is 2. The molecular weight excluding hydrogens is 278 g/mol. The molecule has 2 N–H and O–H groups in total. The average molecular weight is 301 g/mol. The lowest BCUT2D eigenvalue weighted by molar-refractivity contribution is -0.0352. The molecule has 0 spiro atoms. The number of benzene rings is 1. The highest BCUT2D eigenvalue weighted by atomic mass is 16.3. The van der Waals surface area contributed by atoms with E-state index >= 15 is 0 Å². The van der Waals surface area contributed by atoms with Crippen LogP contribution in [-0.2, 0) is 0 Å². The molecule has 1 aliphatic rings. The summed E-state index contributed by atoms with van der Waals surface area (Å²) >= 11 is 0. The minimum absolute atomic E-state index is 0.00151. The first-order chi connectivity index (χ1) is 10.7. The van der Waals surface area contributed by atoms with Crippen molar-refractivity contribution in [3.05, 3.63) is 30.6 Å². The summed E-state index contributed by atoms with van der Waals surface area (Å²) in [5.41, 5.74) is 0.461. The van der Waals surface area contributed by atoms with E-state index in [1.807, 2.05) is 24.3 Å². The third-order valence-corrected chi connectivity index (χ3v) is 4.77. The van der Waals surface area contributed by atoms with E-state index in [9.17, 15) is 10.2 Å². The molecule has 0 saturated carbocycles. The number of aliphatic hydroxyl groups excluding tert-OH is 2. The van der Waals surface area contributed by atoms with E-state index in [0.29, 0.717) is 13.0 Å². The second-order valence-electron chi connectivity index (χ2n) is 6.21. The highest BCUT2D eigenvalue weighted by Crippen LogP contribution is 2.37. The molecule has 0 bridgehead atoms. The van der Waals surface area contributed by atoms with Crippen LogP contribution in [0.2, 0.25) is 0 Å². The summed E-state index contributed by atoms with van der Waals surface area (Å²) in [5.74, 6) is 0.895. The summed E-state index contributed by atoms with van der Waals surface area (Å²) in [7, 11) is 0. The van der Waals surface area contributed by atoms with Gasteiger partial charge in [0.1, 0.15) is 12.1 Å². The maximum Gasteiger partial charge on any atom is 0.139 e. The van der Waals surface area contributed by atoms with Gasteiger partial charge in [-0.15, -0.1) is 0 Å². The van der Waals surface area contributed by atoms with Gasteiger partial charge in [0, 0.05) is 23.9 Å². The maximum atomic E-state index is 10.4. The van der Waals surface area contributed by atoms with Gasteiger partial charge >= 0.3 is 0 Å². The molecule has 1 aromatic heterocycles. The second-order valence-corrected chi connectivity index (χ2v) is 6.21. The monoisotopic (exact) mass is 301 g/mol. The Morgan fingerprint density at radius 2 is 2.14 bits per heavy atom. The van der Waals surface area contributed by atoms with Crippen LogP contribution in [0.4, 0.5) is 5.82 Å². The lowest BCUT2D eigenvalue weighted by Crippen LogP contribution is -2.54. The summed E-state index contributed by atoms with van der Waals surface area (Å²) in [6.07, 6.45) is 3.53. The molecule has 0 amide bonds. The van der Waals surface area contributed by atoms with Gasteiger partial charge in [0.05, 0.1) is 18.2 Å². The fraction of sp³-hybridized carbons (Fsp3) is 0.529. The van der Waals surface area contributed by atoms with Crippen LogP contribution in [0.25, 0.3) is 10.9 Å². The van der Waals surface area contributed by atoms with Crippen molar-refractivity contribution >= 4 is 16.7 Å². The number of piperidine rings is 1. The van der Waals surface area contributed by atoms with Crippen molar-refractivity contribution in [1.29, 1.82) is 0 Å². The zero-order valence-electron chi connectivity index (χ0n) is 12.9.